The van der Waals surface area contributed by atoms with Gasteiger partial charge >= 0.3 is 13.7 Å². The summed E-state index contributed by atoms with van der Waals surface area (Å²) < 4.78 is 45.4. The molecule has 4 unspecified atom stereocenters. The van der Waals surface area contributed by atoms with Crippen molar-refractivity contribution in [2.24, 2.45) is 0 Å². The SMILES string of the molecule is C=CCCCOC(=O)C(C)NP(=O)(OCC(CC)OC(C)n1cnc2c(OCCC=C)nc(N)nc21)Oc1cccc2ccccc12. The second-order valence-corrected chi connectivity index (χ2v) is 12.4. The Morgan fingerprint density at radius 1 is 1.09 bits per heavy atom. The number of esters is 1. The van der Waals surface area contributed by atoms with Gasteiger partial charge in [0, 0.05) is 5.39 Å². The van der Waals surface area contributed by atoms with Crippen molar-refractivity contribution in [3.63, 3.8) is 0 Å². The number of anilines is 1. The minimum Gasteiger partial charge on any atom is -0.476 e. The summed E-state index contributed by atoms with van der Waals surface area (Å²) in [5.41, 5.74) is 6.83. The van der Waals surface area contributed by atoms with E-state index in [1.807, 2.05) is 44.2 Å². The Hall–Kier alpha value is -4.29. The van der Waals surface area contributed by atoms with Crippen LogP contribution in [-0.2, 0) is 23.4 Å². The molecule has 4 rings (SSSR count). The standard InChI is InChI=1S/C33H43N6O7P/c1-6-9-13-20-43-32(40)23(4)38-47(41,46-28-18-14-16-25-15-11-12-17-27(25)28)44-21-26(8-3)45-24(5)39-22-35-29-30(39)36-33(34)37-31(29)42-19-10-7-2/h6-7,11-12,14-18,22-24,26H,1-2,8-10,13,19-21H2,3-5H3,(H,38,41)(H2,34,36,37). The van der Waals surface area contributed by atoms with E-state index in [1.165, 1.54) is 0 Å². The highest BCUT2D eigenvalue weighted by molar-refractivity contribution is 7.52. The van der Waals surface area contributed by atoms with E-state index in [0.717, 1.165) is 10.8 Å². The van der Waals surface area contributed by atoms with Gasteiger partial charge in [0.2, 0.25) is 11.8 Å². The van der Waals surface area contributed by atoms with E-state index >= 15 is 0 Å². The number of benzene rings is 2. The number of hydrogen-bond donors (Lipinski definition) is 2. The van der Waals surface area contributed by atoms with Crippen molar-refractivity contribution in [3.8, 4) is 11.6 Å². The van der Waals surface area contributed by atoms with Gasteiger partial charge in [0.05, 0.1) is 32.3 Å². The Balaban J connectivity index is 1.51. The van der Waals surface area contributed by atoms with E-state index < -0.39 is 32.1 Å². The van der Waals surface area contributed by atoms with Gasteiger partial charge in [-0.3, -0.25) is 13.9 Å². The summed E-state index contributed by atoms with van der Waals surface area (Å²) in [5.74, 6) is 0.0431. The number of nitrogens with one attached hydrogen (secondary N) is 1. The zero-order valence-electron chi connectivity index (χ0n) is 27.0. The van der Waals surface area contributed by atoms with Crippen LogP contribution in [0.4, 0.5) is 5.95 Å². The summed E-state index contributed by atoms with van der Waals surface area (Å²) in [6, 6.07) is 11.9. The molecule has 0 saturated heterocycles. The fraction of sp³-hybridized carbons (Fsp3) is 0.394. The first kappa shape index (κ1) is 35.6. The highest BCUT2D eigenvalue weighted by Gasteiger charge is 2.34. The smallest absolute Gasteiger partial charge is 0.459 e. The molecule has 0 saturated carbocycles. The van der Waals surface area contributed by atoms with E-state index in [-0.39, 0.29) is 25.0 Å². The molecular formula is C33H43N6O7P. The normalized spacial score (nSPS) is 14.6. The van der Waals surface area contributed by atoms with Gasteiger partial charge in [-0.25, -0.2) is 9.55 Å². The number of aromatic nitrogens is 4. The van der Waals surface area contributed by atoms with E-state index in [9.17, 15) is 9.36 Å². The van der Waals surface area contributed by atoms with Gasteiger partial charge in [-0.15, -0.1) is 13.2 Å². The first-order valence-electron chi connectivity index (χ1n) is 15.5. The third kappa shape index (κ3) is 9.61. The second kappa shape index (κ2) is 17.0. The minimum absolute atomic E-state index is 0.0291. The number of nitrogens with two attached hydrogens (primary N) is 1. The maximum absolute atomic E-state index is 14.3. The van der Waals surface area contributed by atoms with Crippen LogP contribution in [0.2, 0.25) is 0 Å². The van der Waals surface area contributed by atoms with Crippen LogP contribution >= 0.6 is 7.75 Å². The summed E-state index contributed by atoms with van der Waals surface area (Å²) in [7, 11) is -4.16. The molecule has 4 aromatic rings. The van der Waals surface area contributed by atoms with Crippen molar-refractivity contribution in [3.05, 3.63) is 74.1 Å². The summed E-state index contributed by atoms with van der Waals surface area (Å²) in [4.78, 5) is 25.7. The van der Waals surface area contributed by atoms with E-state index in [1.54, 1.807) is 42.1 Å². The molecule has 252 valence electrons. The summed E-state index contributed by atoms with van der Waals surface area (Å²) in [6.45, 7) is 13.1. The molecule has 13 nitrogen and oxygen atoms in total. The first-order valence-corrected chi connectivity index (χ1v) is 17.1. The lowest BCUT2D eigenvalue weighted by Gasteiger charge is -2.27. The van der Waals surface area contributed by atoms with Crippen molar-refractivity contribution in [2.45, 2.75) is 64.8 Å². The molecule has 47 heavy (non-hydrogen) atoms. The number of ether oxygens (including phenoxy) is 3. The number of hydrogen-bond acceptors (Lipinski definition) is 11. The predicted octanol–water partition coefficient (Wildman–Crippen LogP) is 6.52. The molecule has 3 N–H and O–H groups in total. The number of carbonyl (C=O) groups excluding carboxylic acids is 1. The first-order chi connectivity index (χ1) is 22.7. The second-order valence-electron chi connectivity index (χ2n) is 10.7. The van der Waals surface area contributed by atoms with Crippen LogP contribution in [0.15, 0.2) is 74.1 Å². The third-order valence-corrected chi connectivity index (χ3v) is 8.73. The topological polar surface area (TPSA) is 162 Å². The number of nitrogen functional groups attached to an aromatic ring is 1. The van der Waals surface area contributed by atoms with Gasteiger partial charge < -0.3 is 24.5 Å². The molecular weight excluding hydrogens is 623 g/mol. The van der Waals surface area contributed by atoms with Crippen molar-refractivity contribution < 1.29 is 32.6 Å². The summed E-state index contributed by atoms with van der Waals surface area (Å²) >= 11 is 0. The number of fused-ring (bicyclic) bond motifs is 2. The number of nitrogens with zero attached hydrogens (tertiary/aromatic N) is 4. The lowest BCUT2D eigenvalue weighted by Crippen LogP contribution is -2.36. The van der Waals surface area contributed by atoms with Gasteiger partial charge in [0.15, 0.2) is 11.2 Å². The third-order valence-electron chi connectivity index (χ3n) is 7.10. The van der Waals surface area contributed by atoms with Crippen LogP contribution in [-0.4, -0.2) is 57.5 Å². The molecule has 0 bridgehead atoms. The highest BCUT2D eigenvalue weighted by Crippen LogP contribution is 2.47. The number of imidazole rings is 1. The summed E-state index contributed by atoms with van der Waals surface area (Å²) in [6.07, 6.45) is 6.39. The molecule has 0 fully saturated rings. The van der Waals surface area contributed by atoms with Crippen molar-refractivity contribution >= 4 is 41.6 Å². The fourth-order valence-electron chi connectivity index (χ4n) is 4.60. The number of allylic oxidation sites excluding steroid dienone is 1. The average Bonchev–Trinajstić information content (AvgIpc) is 3.49. The van der Waals surface area contributed by atoms with Crippen LogP contribution in [0.25, 0.3) is 21.9 Å². The fourth-order valence-corrected chi connectivity index (χ4v) is 6.14. The molecule has 2 aromatic carbocycles. The monoisotopic (exact) mass is 666 g/mol. The van der Waals surface area contributed by atoms with Crippen LogP contribution < -0.4 is 20.1 Å². The van der Waals surface area contributed by atoms with Crippen LogP contribution in [0.3, 0.4) is 0 Å². The Morgan fingerprint density at radius 2 is 1.85 bits per heavy atom. The molecule has 0 spiro atoms. The Kier molecular flexibility index (Phi) is 12.9. The number of unbranched alkanes of at least 4 members (excludes halogenated alkanes) is 1. The molecule has 2 heterocycles. The molecule has 0 aliphatic carbocycles. The number of carbonyl (C=O) groups is 1. The zero-order chi connectivity index (χ0) is 33.8. The van der Waals surface area contributed by atoms with Crippen molar-refractivity contribution in [1.29, 1.82) is 0 Å². The van der Waals surface area contributed by atoms with Gasteiger partial charge in [-0.1, -0.05) is 55.5 Å². The summed E-state index contributed by atoms with van der Waals surface area (Å²) in [5, 5.41) is 4.38. The van der Waals surface area contributed by atoms with Crippen LogP contribution in [0, 0.1) is 0 Å². The molecule has 4 atom stereocenters. The molecule has 0 aliphatic heterocycles. The lowest BCUT2D eigenvalue weighted by molar-refractivity contribution is -0.145. The van der Waals surface area contributed by atoms with Gasteiger partial charge in [0.25, 0.3) is 0 Å². The van der Waals surface area contributed by atoms with Gasteiger partial charge in [-0.2, -0.15) is 15.1 Å². The highest BCUT2D eigenvalue weighted by atomic mass is 31.2. The van der Waals surface area contributed by atoms with Gasteiger partial charge in [-0.05, 0) is 51.0 Å². The van der Waals surface area contributed by atoms with Crippen LogP contribution in [0.1, 0.15) is 52.7 Å². The Morgan fingerprint density at radius 3 is 2.62 bits per heavy atom. The molecule has 0 amide bonds. The molecule has 14 heteroatoms. The molecule has 2 aromatic heterocycles. The van der Waals surface area contributed by atoms with Crippen LogP contribution in [0.5, 0.6) is 11.6 Å². The lowest BCUT2D eigenvalue weighted by atomic mass is 10.1. The average molecular weight is 667 g/mol. The predicted molar refractivity (Wildman–Crippen MR) is 181 cm³/mol. The largest absolute Gasteiger partial charge is 0.476 e. The number of rotatable bonds is 20. The van der Waals surface area contributed by atoms with Gasteiger partial charge in [0.1, 0.15) is 18.0 Å². The minimum atomic E-state index is -4.16. The quantitative estimate of drug-likeness (QED) is 0.0455. The zero-order valence-corrected chi connectivity index (χ0v) is 27.9. The van der Waals surface area contributed by atoms with E-state index in [4.69, 9.17) is 29.0 Å². The molecule has 0 aliphatic rings. The van der Waals surface area contributed by atoms with E-state index in [0.29, 0.717) is 49.2 Å². The maximum atomic E-state index is 14.3. The molecule has 0 radical (unpaired) electrons. The van der Waals surface area contributed by atoms with Crippen molar-refractivity contribution in [2.75, 3.05) is 25.6 Å². The van der Waals surface area contributed by atoms with Crippen molar-refractivity contribution in [1.82, 2.24) is 24.6 Å². The maximum Gasteiger partial charge on any atom is 0.459 e. The Bertz CT molecular complexity index is 1710. The van der Waals surface area contributed by atoms with E-state index in [2.05, 4.69) is 33.2 Å². The Labute approximate surface area is 274 Å².